The zero-order valence-electron chi connectivity index (χ0n) is 14.8. The van der Waals surface area contributed by atoms with Crippen molar-refractivity contribution in [2.45, 2.75) is 45.1 Å². The van der Waals surface area contributed by atoms with E-state index in [0.29, 0.717) is 0 Å². The van der Waals surface area contributed by atoms with Gasteiger partial charge in [-0.1, -0.05) is 44.1 Å². The summed E-state index contributed by atoms with van der Waals surface area (Å²) in [5, 5.41) is 3.36. The van der Waals surface area contributed by atoms with E-state index in [9.17, 15) is 13.2 Å². The second-order valence-electron chi connectivity index (χ2n) is 5.58. The molecule has 0 radical (unpaired) electrons. The normalized spacial score (nSPS) is 13.0. The summed E-state index contributed by atoms with van der Waals surface area (Å²) >= 11 is 0. The lowest BCUT2D eigenvalue weighted by molar-refractivity contribution is 0.0711. The lowest BCUT2D eigenvalue weighted by Gasteiger charge is -2.28. The Balaban J connectivity index is 3.30. The molecule has 0 aliphatic rings. The fraction of sp³-hybridized carbons (Fsp3) is 0.533. The minimum atomic E-state index is -3.89. The van der Waals surface area contributed by atoms with Crippen molar-refractivity contribution >= 4 is 24.4 Å². The molecule has 1 aromatic carbocycles. The van der Waals surface area contributed by atoms with Crippen LogP contribution in [0.2, 0.25) is 18.1 Å². The van der Waals surface area contributed by atoms with Crippen LogP contribution in [0.15, 0.2) is 29.4 Å². The highest BCUT2D eigenvalue weighted by molar-refractivity contribution is 7.86. The summed E-state index contributed by atoms with van der Waals surface area (Å²) in [7, 11) is -6.09. The number of nitrogens with zero attached hydrogens (tertiary/aromatic N) is 3. The summed E-state index contributed by atoms with van der Waals surface area (Å²) in [5.41, 5.74) is 8.99. The molecule has 0 heterocycles. The van der Waals surface area contributed by atoms with Crippen molar-refractivity contribution in [3.8, 4) is 0 Å². The van der Waals surface area contributed by atoms with Crippen molar-refractivity contribution in [3.63, 3.8) is 0 Å². The van der Waals surface area contributed by atoms with E-state index in [1.54, 1.807) is 12.1 Å². The van der Waals surface area contributed by atoms with Gasteiger partial charge in [-0.05, 0) is 29.7 Å². The van der Waals surface area contributed by atoms with E-state index >= 15 is 0 Å². The van der Waals surface area contributed by atoms with Gasteiger partial charge in [0, 0.05) is 10.5 Å². The van der Waals surface area contributed by atoms with Gasteiger partial charge in [0.15, 0.2) is 6.23 Å². The average molecular weight is 386 g/mol. The molecule has 0 bridgehead atoms. The molecule has 1 atom stereocenters. The summed E-state index contributed by atoms with van der Waals surface area (Å²) < 4.78 is 33.5. The Bertz CT molecular complexity index is 750. The highest BCUT2D eigenvalue weighted by atomic mass is 32.2. The number of hydrogen-bond acceptors (Lipinski definition) is 6. The Morgan fingerprint density at radius 3 is 2.28 bits per heavy atom. The largest absolute Gasteiger partial charge is 0.516 e. The van der Waals surface area contributed by atoms with Crippen LogP contribution in [0, 0.1) is 0 Å². The molecular weight excluding hydrogens is 362 g/mol. The molecule has 0 aliphatic carbocycles. The molecule has 0 aliphatic heterocycles. The van der Waals surface area contributed by atoms with Gasteiger partial charge < -0.3 is 4.43 Å². The predicted octanol–water partition coefficient (Wildman–Crippen LogP) is 4.13. The van der Waals surface area contributed by atoms with Crippen LogP contribution in [-0.4, -0.2) is 29.0 Å². The van der Waals surface area contributed by atoms with Gasteiger partial charge in [-0.2, -0.15) is 8.42 Å². The molecule has 0 aromatic heterocycles. The van der Waals surface area contributed by atoms with Crippen LogP contribution >= 0.6 is 0 Å². The van der Waals surface area contributed by atoms with Crippen molar-refractivity contribution in [2.24, 2.45) is 5.11 Å². The minimum absolute atomic E-state index is 0.135. The van der Waals surface area contributed by atoms with Gasteiger partial charge in [0.1, 0.15) is 0 Å². The van der Waals surface area contributed by atoms with Crippen molar-refractivity contribution < 1.29 is 21.8 Å². The highest BCUT2D eigenvalue weighted by Gasteiger charge is 2.34. The summed E-state index contributed by atoms with van der Waals surface area (Å²) in [5.74, 6) is -0.553. The molecule has 1 rings (SSSR count). The molecule has 0 spiro atoms. The predicted molar refractivity (Wildman–Crippen MR) is 96.9 cm³/mol. The van der Waals surface area contributed by atoms with Gasteiger partial charge in [-0.25, -0.2) is 4.79 Å². The maximum Gasteiger partial charge on any atom is 0.325 e. The summed E-state index contributed by atoms with van der Waals surface area (Å²) in [6, 6.07) is 8.56. The molecule has 8 nitrogen and oxygen atoms in total. The molecule has 0 N–H and O–H groups in total. The van der Waals surface area contributed by atoms with Crippen LogP contribution in [0.3, 0.4) is 0 Å². The monoisotopic (exact) mass is 385 g/mol. The summed E-state index contributed by atoms with van der Waals surface area (Å²) in [6.07, 6.45) is -0.624. The van der Waals surface area contributed by atoms with Crippen LogP contribution in [0.1, 0.15) is 42.9 Å². The molecule has 25 heavy (non-hydrogen) atoms. The average Bonchev–Trinajstić information content (AvgIpc) is 2.58. The number of azide groups is 1. The first-order valence-electron chi connectivity index (χ1n) is 7.96. The summed E-state index contributed by atoms with van der Waals surface area (Å²) in [4.78, 5) is 15.3. The number of rotatable bonds is 9. The van der Waals surface area contributed by atoms with Gasteiger partial charge >= 0.3 is 5.97 Å². The van der Waals surface area contributed by atoms with E-state index in [0.717, 1.165) is 24.4 Å². The van der Waals surface area contributed by atoms with Crippen LogP contribution < -0.4 is 0 Å². The number of carbonyl (C=O) groups is 1. The van der Waals surface area contributed by atoms with Crippen LogP contribution in [0.4, 0.5) is 0 Å². The third kappa shape index (κ3) is 5.85. The van der Waals surface area contributed by atoms with Crippen LogP contribution in [0.5, 0.6) is 0 Å². The zero-order chi connectivity index (χ0) is 19.1. The molecule has 138 valence electrons. The van der Waals surface area contributed by atoms with E-state index in [2.05, 4.69) is 10.0 Å². The first kappa shape index (κ1) is 21.2. The Morgan fingerprint density at radius 1 is 1.24 bits per heavy atom. The topological polar surface area (TPSA) is 118 Å². The van der Waals surface area contributed by atoms with Crippen molar-refractivity contribution in [3.05, 3.63) is 45.8 Å². The first-order chi connectivity index (χ1) is 11.7. The lowest BCUT2D eigenvalue weighted by atomic mass is 10.1. The standard InChI is InChI=1S/C15H23N3O5SSi/c1-5-25(6-2,7-3)23-15(19)13-11-9-8-10-12(13)14(17-18-16)22-24(4,20)21/h8-11,14H,5-7H2,1-4H3. The van der Waals surface area contributed by atoms with Crippen molar-refractivity contribution in [1.29, 1.82) is 0 Å². The van der Waals surface area contributed by atoms with Crippen LogP contribution in [-0.2, 0) is 18.7 Å². The van der Waals surface area contributed by atoms with Crippen molar-refractivity contribution in [1.82, 2.24) is 0 Å². The van der Waals surface area contributed by atoms with Gasteiger partial charge in [-0.15, -0.1) is 0 Å². The molecule has 1 aromatic rings. The van der Waals surface area contributed by atoms with E-state index < -0.39 is 30.6 Å². The Morgan fingerprint density at radius 2 is 1.80 bits per heavy atom. The Labute approximate surface area is 149 Å². The van der Waals surface area contributed by atoms with Gasteiger partial charge in [0.05, 0.1) is 11.8 Å². The smallest absolute Gasteiger partial charge is 0.325 e. The molecule has 0 amide bonds. The fourth-order valence-electron chi connectivity index (χ4n) is 2.46. The van der Waals surface area contributed by atoms with E-state index in [1.807, 2.05) is 20.8 Å². The van der Waals surface area contributed by atoms with Crippen molar-refractivity contribution in [2.75, 3.05) is 6.26 Å². The quantitative estimate of drug-likeness (QED) is 0.208. The molecule has 10 heteroatoms. The molecule has 0 saturated heterocycles. The SMILES string of the molecule is CC[Si](CC)(CC)OC(=O)c1ccccc1C(N=[N+]=[N-])OS(C)(=O)=O. The molecular formula is C15H23N3O5SSi. The summed E-state index contributed by atoms with van der Waals surface area (Å²) in [6.45, 7) is 5.98. The third-order valence-corrected chi connectivity index (χ3v) is 9.13. The fourth-order valence-corrected chi connectivity index (χ4v) is 5.37. The minimum Gasteiger partial charge on any atom is -0.516 e. The maximum atomic E-state index is 12.7. The third-order valence-electron chi connectivity index (χ3n) is 4.11. The molecule has 1 unspecified atom stereocenters. The van der Waals surface area contributed by atoms with E-state index in [4.69, 9.17) is 14.1 Å². The Kier molecular flexibility index (Phi) is 7.62. The lowest BCUT2D eigenvalue weighted by Crippen LogP contribution is -2.38. The van der Waals surface area contributed by atoms with Crippen LogP contribution in [0.25, 0.3) is 10.4 Å². The molecule has 0 fully saturated rings. The van der Waals surface area contributed by atoms with E-state index in [1.165, 1.54) is 12.1 Å². The van der Waals surface area contributed by atoms with Gasteiger partial charge in [0.25, 0.3) is 18.4 Å². The second kappa shape index (κ2) is 9.00. The molecule has 0 saturated carbocycles. The first-order valence-corrected chi connectivity index (χ1v) is 12.3. The number of hydrogen-bond donors (Lipinski definition) is 0. The van der Waals surface area contributed by atoms with Gasteiger partial charge in [0.2, 0.25) is 0 Å². The maximum absolute atomic E-state index is 12.7. The number of carbonyl (C=O) groups excluding carboxylic acids is 1. The Hall–Kier alpha value is -1.87. The zero-order valence-corrected chi connectivity index (χ0v) is 16.6. The number of benzene rings is 1. The highest BCUT2D eigenvalue weighted by Crippen LogP contribution is 2.28. The van der Waals surface area contributed by atoms with E-state index in [-0.39, 0.29) is 11.1 Å². The van der Waals surface area contributed by atoms with Gasteiger partial charge in [-0.3, -0.25) is 4.18 Å². The second-order valence-corrected chi connectivity index (χ2v) is 11.9.